The fraction of sp³-hybridized carbons (Fsp3) is 0.561. The van der Waals surface area contributed by atoms with Crippen LogP contribution in [0.1, 0.15) is 142 Å². The lowest BCUT2D eigenvalue weighted by Gasteiger charge is -2.15. The van der Waals surface area contributed by atoms with Gasteiger partial charge in [0, 0.05) is 6.61 Å². The van der Waals surface area contributed by atoms with E-state index in [1.807, 2.05) is 0 Å². The minimum Gasteiger partial charge on any atom is -0.494 e. The van der Waals surface area contributed by atoms with Gasteiger partial charge in [0.25, 0.3) is 0 Å². The molecule has 0 N–H and O–H groups in total. The van der Waals surface area contributed by atoms with Gasteiger partial charge in [-0.25, -0.2) is 0 Å². The molecule has 3 aromatic carbocycles. The van der Waals surface area contributed by atoms with E-state index < -0.39 is 0 Å². The van der Waals surface area contributed by atoms with Crippen LogP contribution in [0.2, 0.25) is 0 Å². The van der Waals surface area contributed by atoms with Crippen molar-refractivity contribution in [2.75, 3.05) is 13.2 Å². The average Bonchev–Trinajstić information content (AvgIpc) is 3.05. The first-order valence-corrected chi connectivity index (χ1v) is 17.8. The van der Waals surface area contributed by atoms with Crippen molar-refractivity contribution < 1.29 is 9.47 Å². The molecule has 0 heterocycles. The molecule has 0 aromatic heterocycles. The van der Waals surface area contributed by atoms with Crippen molar-refractivity contribution in [2.45, 2.75) is 136 Å². The van der Waals surface area contributed by atoms with Crippen LogP contribution in [-0.2, 0) is 4.74 Å². The van der Waals surface area contributed by atoms with E-state index >= 15 is 0 Å². The minimum atomic E-state index is 0.122. The Morgan fingerprint density at radius 1 is 0.465 bits per heavy atom. The second-order valence-corrected chi connectivity index (χ2v) is 12.4. The van der Waals surface area contributed by atoms with Crippen LogP contribution < -0.4 is 4.74 Å². The van der Waals surface area contributed by atoms with E-state index in [1.165, 1.54) is 124 Å². The van der Waals surface area contributed by atoms with Crippen LogP contribution in [0.15, 0.2) is 72.8 Å². The van der Waals surface area contributed by atoms with Gasteiger partial charge in [0.15, 0.2) is 0 Å². The van der Waals surface area contributed by atoms with Gasteiger partial charge in [-0.3, -0.25) is 0 Å². The molecule has 2 heteroatoms. The van der Waals surface area contributed by atoms with Crippen molar-refractivity contribution in [3.8, 4) is 28.0 Å². The summed E-state index contributed by atoms with van der Waals surface area (Å²) >= 11 is 0. The standard InChI is InChI=1S/C41H60O2/c1-4-6-8-10-12-13-14-15-16-18-21-33-42-35(3)36-25-27-37(28-26-36)40-23-19-20-24-41(40)38-29-31-39(32-30-38)43-34-22-17-11-9-7-5-2/h19-20,23-32,35H,4-18,21-22,33-34H2,1-3H3. The molecule has 0 spiro atoms. The fourth-order valence-electron chi connectivity index (χ4n) is 5.85. The highest BCUT2D eigenvalue weighted by Gasteiger charge is 2.10. The topological polar surface area (TPSA) is 18.5 Å². The van der Waals surface area contributed by atoms with Gasteiger partial charge in [-0.05, 0) is 59.7 Å². The predicted molar refractivity (Wildman–Crippen MR) is 187 cm³/mol. The lowest BCUT2D eigenvalue weighted by Crippen LogP contribution is -2.02. The van der Waals surface area contributed by atoms with Crippen molar-refractivity contribution in [1.82, 2.24) is 0 Å². The maximum atomic E-state index is 6.21. The first-order valence-electron chi connectivity index (χ1n) is 17.8. The van der Waals surface area contributed by atoms with Crippen LogP contribution >= 0.6 is 0 Å². The van der Waals surface area contributed by atoms with Crippen molar-refractivity contribution in [3.63, 3.8) is 0 Å². The van der Waals surface area contributed by atoms with Crippen LogP contribution in [0.4, 0.5) is 0 Å². The quantitative estimate of drug-likeness (QED) is 0.0975. The molecule has 0 bridgehead atoms. The highest BCUT2D eigenvalue weighted by atomic mass is 16.5. The Morgan fingerprint density at radius 3 is 1.37 bits per heavy atom. The van der Waals surface area contributed by atoms with Gasteiger partial charge < -0.3 is 9.47 Å². The van der Waals surface area contributed by atoms with Crippen LogP contribution in [-0.4, -0.2) is 13.2 Å². The number of ether oxygens (including phenoxy) is 2. The highest BCUT2D eigenvalue weighted by Crippen LogP contribution is 2.33. The van der Waals surface area contributed by atoms with Crippen molar-refractivity contribution in [1.29, 1.82) is 0 Å². The van der Waals surface area contributed by atoms with Crippen molar-refractivity contribution in [3.05, 3.63) is 78.4 Å². The molecule has 0 aliphatic carbocycles. The summed E-state index contributed by atoms with van der Waals surface area (Å²) in [6.45, 7) is 8.38. The first kappa shape index (κ1) is 34.9. The Labute approximate surface area is 264 Å². The van der Waals surface area contributed by atoms with E-state index in [1.54, 1.807) is 0 Å². The van der Waals surface area contributed by atoms with E-state index in [0.717, 1.165) is 31.8 Å². The molecule has 0 aliphatic heterocycles. The summed E-state index contributed by atoms with van der Waals surface area (Å²) in [7, 11) is 0. The third kappa shape index (κ3) is 13.7. The van der Waals surface area contributed by atoms with Gasteiger partial charge in [0.05, 0.1) is 12.7 Å². The second kappa shape index (κ2) is 22.0. The maximum absolute atomic E-state index is 6.21. The largest absolute Gasteiger partial charge is 0.494 e. The van der Waals surface area contributed by atoms with Crippen molar-refractivity contribution >= 4 is 0 Å². The maximum Gasteiger partial charge on any atom is 0.119 e. The van der Waals surface area contributed by atoms with Gasteiger partial charge in [-0.15, -0.1) is 0 Å². The van der Waals surface area contributed by atoms with Gasteiger partial charge in [-0.1, -0.05) is 171 Å². The summed E-state index contributed by atoms with van der Waals surface area (Å²) < 4.78 is 12.2. The smallest absolute Gasteiger partial charge is 0.119 e. The average molecular weight is 585 g/mol. The van der Waals surface area contributed by atoms with E-state index in [4.69, 9.17) is 9.47 Å². The highest BCUT2D eigenvalue weighted by molar-refractivity contribution is 5.83. The molecule has 0 radical (unpaired) electrons. The first-order chi connectivity index (χ1) is 21.2. The molecule has 0 saturated carbocycles. The molecule has 0 aliphatic rings. The molecule has 1 unspecified atom stereocenters. The Hall–Kier alpha value is -2.58. The van der Waals surface area contributed by atoms with Crippen LogP contribution in [0.3, 0.4) is 0 Å². The number of hydrogen-bond acceptors (Lipinski definition) is 2. The Kier molecular flexibility index (Phi) is 17.9. The zero-order valence-corrected chi connectivity index (χ0v) is 27.8. The lowest BCUT2D eigenvalue weighted by molar-refractivity contribution is 0.0627. The van der Waals surface area contributed by atoms with Crippen LogP contribution in [0, 0.1) is 0 Å². The Bertz CT molecular complexity index is 1090. The summed E-state index contributed by atoms with van der Waals surface area (Å²) in [6, 6.07) is 26.2. The number of hydrogen-bond donors (Lipinski definition) is 0. The third-order valence-electron chi connectivity index (χ3n) is 8.67. The lowest BCUT2D eigenvalue weighted by atomic mass is 9.94. The number of benzene rings is 3. The molecule has 0 amide bonds. The molecular weight excluding hydrogens is 524 g/mol. The normalized spacial score (nSPS) is 12.0. The summed E-state index contributed by atoms with van der Waals surface area (Å²) in [5.41, 5.74) is 6.20. The zero-order valence-electron chi connectivity index (χ0n) is 27.8. The summed E-state index contributed by atoms with van der Waals surface area (Å²) in [6.07, 6.45) is 22.8. The van der Waals surface area contributed by atoms with Gasteiger partial charge >= 0.3 is 0 Å². The molecular formula is C41H60O2. The Balaban J connectivity index is 1.40. The van der Waals surface area contributed by atoms with Gasteiger partial charge in [-0.2, -0.15) is 0 Å². The molecule has 236 valence electrons. The van der Waals surface area contributed by atoms with E-state index in [9.17, 15) is 0 Å². The molecule has 1 atom stereocenters. The molecule has 2 nitrogen and oxygen atoms in total. The summed E-state index contributed by atoms with van der Waals surface area (Å²) in [5, 5.41) is 0. The number of rotatable bonds is 24. The molecule has 0 saturated heterocycles. The van der Waals surface area contributed by atoms with E-state index in [-0.39, 0.29) is 6.10 Å². The summed E-state index contributed by atoms with van der Waals surface area (Å²) in [4.78, 5) is 0. The predicted octanol–water partition coefficient (Wildman–Crippen LogP) is 13.1. The summed E-state index contributed by atoms with van der Waals surface area (Å²) in [5.74, 6) is 0.960. The molecule has 43 heavy (non-hydrogen) atoms. The van der Waals surface area contributed by atoms with Crippen LogP contribution in [0.25, 0.3) is 22.3 Å². The molecule has 3 aromatic rings. The van der Waals surface area contributed by atoms with Crippen LogP contribution in [0.5, 0.6) is 5.75 Å². The van der Waals surface area contributed by atoms with Gasteiger partial charge in [0.2, 0.25) is 0 Å². The Morgan fingerprint density at radius 2 is 0.884 bits per heavy atom. The van der Waals surface area contributed by atoms with Crippen molar-refractivity contribution in [2.24, 2.45) is 0 Å². The zero-order chi connectivity index (χ0) is 30.4. The van der Waals surface area contributed by atoms with E-state index in [0.29, 0.717) is 0 Å². The minimum absolute atomic E-state index is 0.122. The fourth-order valence-corrected chi connectivity index (χ4v) is 5.85. The molecule has 0 fully saturated rings. The SMILES string of the molecule is CCCCCCCCCCCCCOC(C)c1ccc(-c2ccccc2-c2ccc(OCCCCCCCC)cc2)cc1. The number of unbranched alkanes of at least 4 members (excludes halogenated alkanes) is 15. The molecule has 3 rings (SSSR count). The van der Waals surface area contributed by atoms with E-state index in [2.05, 4.69) is 93.6 Å². The monoisotopic (exact) mass is 584 g/mol. The van der Waals surface area contributed by atoms with Gasteiger partial charge in [0.1, 0.15) is 5.75 Å². The third-order valence-corrected chi connectivity index (χ3v) is 8.67. The second-order valence-electron chi connectivity index (χ2n) is 12.4.